The molecule has 1 saturated heterocycles. The summed E-state index contributed by atoms with van der Waals surface area (Å²) in [4.78, 5) is 24.2. The summed E-state index contributed by atoms with van der Waals surface area (Å²) in [6.07, 6.45) is 4.90. The molecule has 4 nitrogen and oxygen atoms in total. The normalized spacial score (nSPS) is 18.6. The topological polar surface area (TPSA) is 46.1 Å². The highest BCUT2D eigenvalue weighted by Crippen LogP contribution is 2.31. The maximum atomic E-state index is 12.8. The van der Waals surface area contributed by atoms with E-state index in [9.17, 15) is 4.79 Å². The fourth-order valence-corrected chi connectivity index (χ4v) is 4.88. The second-order valence-electron chi connectivity index (χ2n) is 9.12. The van der Waals surface area contributed by atoms with E-state index in [0.717, 1.165) is 52.9 Å². The number of carbonyl (C=O) groups is 1. The van der Waals surface area contributed by atoms with Crippen LogP contribution in [0.15, 0.2) is 77.4 Å². The molecule has 6 rings (SSSR count). The molecule has 1 aliphatic heterocycles. The van der Waals surface area contributed by atoms with Gasteiger partial charge in [0.25, 0.3) is 0 Å². The zero-order valence-electron chi connectivity index (χ0n) is 18.7. The average Bonchev–Trinajstić information content (AvgIpc) is 3.68. The SMILES string of the molecule is Brc1ccc2ccccc2n1.O=C(c1ccc2ccccc2n1)C1CCCN(CC2CC2)C1. The molecular formula is C28H28BrN3O. The first-order valence-corrected chi connectivity index (χ1v) is 12.6. The third-order valence-electron chi connectivity index (χ3n) is 6.50. The Bertz CT molecular complexity index is 1270. The summed E-state index contributed by atoms with van der Waals surface area (Å²) in [6, 6.07) is 23.9. The van der Waals surface area contributed by atoms with Gasteiger partial charge in [0.15, 0.2) is 5.78 Å². The second kappa shape index (κ2) is 10.1. The number of ketones is 1. The van der Waals surface area contributed by atoms with E-state index in [-0.39, 0.29) is 11.7 Å². The van der Waals surface area contributed by atoms with Gasteiger partial charge in [-0.2, -0.15) is 0 Å². The van der Waals surface area contributed by atoms with Gasteiger partial charge in [0.1, 0.15) is 10.3 Å². The third-order valence-corrected chi connectivity index (χ3v) is 6.95. The van der Waals surface area contributed by atoms with E-state index in [2.05, 4.69) is 36.9 Å². The van der Waals surface area contributed by atoms with Crippen LogP contribution in [0.5, 0.6) is 0 Å². The number of para-hydroxylation sites is 2. The van der Waals surface area contributed by atoms with E-state index in [1.54, 1.807) is 0 Å². The molecule has 0 radical (unpaired) electrons. The summed E-state index contributed by atoms with van der Waals surface area (Å²) in [6.45, 7) is 3.27. The first kappa shape index (κ1) is 22.2. The van der Waals surface area contributed by atoms with Crippen LogP contribution in [0.25, 0.3) is 21.8 Å². The number of aromatic nitrogens is 2. The maximum Gasteiger partial charge on any atom is 0.185 e. The molecule has 4 aromatic rings. The molecule has 5 heteroatoms. The third kappa shape index (κ3) is 5.66. The Kier molecular flexibility index (Phi) is 6.79. The zero-order chi connectivity index (χ0) is 22.6. The van der Waals surface area contributed by atoms with Crippen molar-refractivity contribution >= 4 is 43.5 Å². The molecule has 3 heterocycles. The van der Waals surface area contributed by atoms with E-state index in [1.807, 2.05) is 66.7 Å². The van der Waals surface area contributed by atoms with Crippen LogP contribution in [-0.4, -0.2) is 40.3 Å². The smallest absolute Gasteiger partial charge is 0.185 e. The van der Waals surface area contributed by atoms with Gasteiger partial charge in [-0.05, 0) is 78.3 Å². The highest BCUT2D eigenvalue weighted by atomic mass is 79.9. The Morgan fingerprint density at radius 3 is 2.24 bits per heavy atom. The predicted molar refractivity (Wildman–Crippen MR) is 137 cm³/mol. The molecule has 2 aromatic heterocycles. The first-order valence-electron chi connectivity index (χ1n) is 11.8. The minimum Gasteiger partial charge on any atom is -0.302 e. The summed E-state index contributed by atoms with van der Waals surface area (Å²) in [7, 11) is 0. The van der Waals surface area contributed by atoms with Gasteiger partial charge in [0, 0.05) is 29.8 Å². The summed E-state index contributed by atoms with van der Waals surface area (Å²) < 4.78 is 0.885. The quantitative estimate of drug-likeness (QED) is 0.235. The first-order chi connectivity index (χ1) is 16.2. The van der Waals surface area contributed by atoms with Crippen molar-refractivity contribution in [3.05, 3.63) is 83.1 Å². The summed E-state index contributed by atoms with van der Waals surface area (Å²) in [5, 5.41) is 2.27. The molecule has 1 saturated carbocycles. The Morgan fingerprint density at radius 1 is 0.848 bits per heavy atom. The Labute approximate surface area is 203 Å². The zero-order valence-corrected chi connectivity index (χ0v) is 20.2. The van der Waals surface area contributed by atoms with E-state index in [4.69, 9.17) is 0 Å². The molecule has 2 fully saturated rings. The van der Waals surface area contributed by atoms with Gasteiger partial charge >= 0.3 is 0 Å². The molecular weight excluding hydrogens is 474 g/mol. The van der Waals surface area contributed by atoms with Crippen LogP contribution in [0.4, 0.5) is 0 Å². The number of benzene rings is 2. The summed E-state index contributed by atoms with van der Waals surface area (Å²) in [5.74, 6) is 1.25. The van der Waals surface area contributed by atoms with Crippen molar-refractivity contribution in [1.82, 2.24) is 14.9 Å². The van der Waals surface area contributed by atoms with Crippen LogP contribution >= 0.6 is 15.9 Å². The lowest BCUT2D eigenvalue weighted by atomic mass is 9.91. The van der Waals surface area contributed by atoms with Crippen molar-refractivity contribution in [2.75, 3.05) is 19.6 Å². The van der Waals surface area contributed by atoms with E-state index in [1.165, 1.54) is 24.8 Å². The van der Waals surface area contributed by atoms with Gasteiger partial charge in [-0.15, -0.1) is 0 Å². The van der Waals surface area contributed by atoms with Crippen LogP contribution in [0.3, 0.4) is 0 Å². The number of fused-ring (bicyclic) bond motifs is 2. The number of piperidine rings is 1. The second-order valence-corrected chi connectivity index (χ2v) is 9.93. The van der Waals surface area contributed by atoms with Gasteiger partial charge in [-0.1, -0.05) is 48.5 Å². The van der Waals surface area contributed by atoms with Gasteiger partial charge < -0.3 is 4.90 Å². The number of likely N-dealkylation sites (tertiary alicyclic amines) is 1. The van der Waals surface area contributed by atoms with Gasteiger partial charge in [0.05, 0.1) is 11.0 Å². The lowest BCUT2D eigenvalue weighted by Gasteiger charge is -2.31. The van der Waals surface area contributed by atoms with E-state index < -0.39 is 0 Å². The molecule has 0 amide bonds. The van der Waals surface area contributed by atoms with Crippen LogP contribution in [0.1, 0.15) is 36.2 Å². The number of hydrogen-bond donors (Lipinski definition) is 0. The van der Waals surface area contributed by atoms with Crippen LogP contribution in [0.2, 0.25) is 0 Å². The number of nitrogens with zero attached hydrogens (tertiary/aromatic N) is 3. The highest BCUT2D eigenvalue weighted by Gasteiger charge is 2.31. The number of rotatable bonds is 4. The molecule has 0 N–H and O–H groups in total. The molecule has 0 spiro atoms. The maximum absolute atomic E-state index is 12.8. The fraction of sp³-hybridized carbons (Fsp3) is 0.321. The molecule has 33 heavy (non-hydrogen) atoms. The molecule has 0 bridgehead atoms. The summed E-state index contributed by atoms with van der Waals surface area (Å²) in [5.41, 5.74) is 2.58. The molecule has 2 aromatic carbocycles. The predicted octanol–water partition coefficient (Wildman–Crippen LogP) is 6.54. The number of Topliss-reactive ketones (excluding diaryl/α,β-unsaturated/α-hetero) is 1. The number of pyridine rings is 2. The standard InChI is InChI=1S/C19H22N2O.C9H6BrN/c22-19(16-5-3-11-21(13-16)12-14-7-8-14)18-10-9-15-4-1-2-6-17(15)20-18;10-9-6-5-7-3-1-2-4-8(7)11-9/h1-2,4,6,9-10,14,16H,3,5,7-8,11-13H2;1-6H. The fourth-order valence-electron chi connectivity index (χ4n) is 4.55. The Balaban J connectivity index is 0.000000174. The molecule has 1 unspecified atom stereocenters. The molecule has 1 aliphatic carbocycles. The van der Waals surface area contributed by atoms with Crippen molar-refractivity contribution in [3.8, 4) is 0 Å². The van der Waals surface area contributed by atoms with Gasteiger partial charge in [-0.25, -0.2) is 9.97 Å². The van der Waals surface area contributed by atoms with Crippen molar-refractivity contribution in [1.29, 1.82) is 0 Å². The number of halogens is 1. The monoisotopic (exact) mass is 501 g/mol. The lowest BCUT2D eigenvalue weighted by Crippen LogP contribution is -2.39. The van der Waals surface area contributed by atoms with Crippen LogP contribution in [0, 0.1) is 11.8 Å². The van der Waals surface area contributed by atoms with E-state index in [0.29, 0.717) is 5.69 Å². The molecule has 1 atom stereocenters. The molecule has 168 valence electrons. The van der Waals surface area contributed by atoms with Crippen molar-refractivity contribution in [2.45, 2.75) is 25.7 Å². The highest BCUT2D eigenvalue weighted by molar-refractivity contribution is 9.10. The van der Waals surface area contributed by atoms with E-state index >= 15 is 0 Å². The van der Waals surface area contributed by atoms with Crippen molar-refractivity contribution in [3.63, 3.8) is 0 Å². The minimum atomic E-state index is 0.126. The van der Waals surface area contributed by atoms with Crippen LogP contribution < -0.4 is 0 Å². The van der Waals surface area contributed by atoms with Crippen molar-refractivity contribution < 1.29 is 4.79 Å². The molecule has 2 aliphatic rings. The largest absolute Gasteiger partial charge is 0.302 e. The number of carbonyl (C=O) groups excluding carboxylic acids is 1. The minimum absolute atomic E-state index is 0.126. The average molecular weight is 502 g/mol. The summed E-state index contributed by atoms with van der Waals surface area (Å²) >= 11 is 3.32. The van der Waals surface area contributed by atoms with Gasteiger partial charge in [-0.3, -0.25) is 4.79 Å². The lowest BCUT2D eigenvalue weighted by molar-refractivity contribution is 0.0810. The Hall–Kier alpha value is -2.63. The Morgan fingerprint density at radius 2 is 1.52 bits per heavy atom. The van der Waals surface area contributed by atoms with Gasteiger partial charge in [0.2, 0.25) is 0 Å². The number of hydrogen-bond acceptors (Lipinski definition) is 4. The van der Waals surface area contributed by atoms with Crippen molar-refractivity contribution in [2.24, 2.45) is 11.8 Å². The van der Waals surface area contributed by atoms with Crippen LogP contribution in [-0.2, 0) is 0 Å².